The number of nitriles is 1. The third-order valence-electron chi connectivity index (χ3n) is 2.28. The van der Waals surface area contributed by atoms with Crippen LogP contribution in [-0.2, 0) is 6.54 Å². The van der Waals surface area contributed by atoms with E-state index in [1.54, 1.807) is 19.1 Å². The molecule has 1 aromatic carbocycles. The standard InChI is InChI=1S/C12H16N2O/c1-9-5-10(2)12(15-4)11(6-9)7-14(3)8-13/h5-6H,7H2,1-4H3. The Hall–Kier alpha value is -1.69. The third kappa shape index (κ3) is 2.63. The minimum atomic E-state index is 0.586. The molecule has 0 bridgehead atoms. The van der Waals surface area contributed by atoms with Gasteiger partial charge in [-0.2, -0.15) is 5.26 Å². The lowest BCUT2D eigenvalue weighted by atomic mass is 10.1. The predicted octanol–water partition coefficient (Wildman–Crippen LogP) is 2.22. The second kappa shape index (κ2) is 4.70. The highest BCUT2D eigenvalue weighted by atomic mass is 16.5. The summed E-state index contributed by atoms with van der Waals surface area (Å²) in [5.41, 5.74) is 3.35. The van der Waals surface area contributed by atoms with E-state index in [0.717, 1.165) is 16.9 Å². The summed E-state index contributed by atoms with van der Waals surface area (Å²) in [6.45, 7) is 4.65. The maximum Gasteiger partial charge on any atom is 0.179 e. The van der Waals surface area contributed by atoms with Crippen molar-refractivity contribution >= 4 is 0 Å². The third-order valence-corrected chi connectivity index (χ3v) is 2.28. The molecule has 0 fully saturated rings. The molecule has 1 rings (SSSR count). The van der Waals surface area contributed by atoms with Crippen molar-refractivity contribution in [1.29, 1.82) is 5.26 Å². The molecular formula is C12H16N2O. The van der Waals surface area contributed by atoms with Crippen LogP contribution in [0.4, 0.5) is 0 Å². The van der Waals surface area contributed by atoms with E-state index in [0.29, 0.717) is 6.54 Å². The van der Waals surface area contributed by atoms with E-state index in [2.05, 4.69) is 18.3 Å². The first-order chi connectivity index (χ1) is 7.08. The largest absolute Gasteiger partial charge is 0.496 e. The fourth-order valence-electron chi connectivity index (χ4n) is 1.74. The molecule has 15 heavy (non-hydrogen) atoms. The summed E-state index contributed by atoms with van der Waals surface area (Å²) in [6.07, 6.45) is 2.08. The molecule has 80 valence electrons. The molecule has 0 N–H and O–H groups in total. The van der Waals surface area contributed by atoms with Crippen molar-refractivity contribution in [3.05, 3.63) is 28.8 Å². The van der Waals surface area contributed by atoms with Crippen molar-refractivity contribution in [3.63, 3.8) is 0 Å². The molecule has 0 saturated carbocycles. The van der Waals surface area contributed by atoms with Crippen molar-refractivity contribution in [2.24, 2.45) is 0 Å². The number of ether oxygens (including phenoxy) is 1. The van der Waals surface area contributed by atoms with Gasteiger partial charge in [-0.05, 0) is 19.4 Å². The van der Waals surface area contributed by atoms with Gasteiger partial charge in [-0.25, -0.2) is 0 Å². The summed E-state index contributed by atoms with van der Waals surface area (Å²) >= 11 is 0. The van der Waals surface area contributed by atoms with Crippen LogP contribution in [0.25, 0.3) is 0 Å². The molecule has 3 heteroatoms. The average molecular weight is 204 g/mol. The van der Waals surface area contributed by atoms with Crippen LogP contribution in [0.15, 0.2) is 12.1 Å². The zero-order valence-electron chi connectivity index (χ0n) is 9.66. The van der Waals surface area contributed by atoms with Gasteiger partial charge in [-0.15, -0.1) is 0 Å². The van der Waals surface area contributed by atoms with Crippen molar-refractivity contribution < 1.29 is 4.74 Å². The first-order valence-corrected chi connectivity index (χ1v) is 4.83. The average Bonchev–Trinajstić information content (AvgIpc) is 2.17. The molecule has 0 aliphatic carbocycles. The van der Waals surface area contributed by atoms with Crippen LogP contribution in [0, 0.1) is 25.3 Å². The number of nitrogens with zero attached hydrogens (tertiary/aromatic N) is 2. The Morgan fingerprint density at radius 2 is 2.07 bits per heavy atom. The van der Waals surface area contributed by atoms with E-state index in [1.807, 2.05) is 13.8 Å². The molecule has 3 nitrogen and oxygen atoms in total. The number of hydrogen-bond donors (Lipinski definition) is 0. The van der Waals surface area contributed by atoms with Crippen molar-refractivity contribution in [1.82, 2.24) is 4.90 Å². The number of methoxy groups -OCH3 is 1. The predicted molar refractivity (Wildman–Crippen MR) is 59.5 cm³/mol. The Bertz CT molecular complexity index is 393. The van der Waals surface area contributed by atoms with Crippen LogP contribution in [0.5, 0.6) is 5.75 Å². The molecule has 1 aromatic rings. The Morgan fingerprint density at radius 3 is 2.60 bits per heavy atom. The molecule has 0 unspecified atom stereocenters. The molecule has 0 saturated heterocycles. The highest BCUT2D eigenvalue weighted by Crippen LogP contribution is 2.25. The van der Waals surface area contributed by atoms with Gasteiger partial charge in [0.1, 0.15) is 5.75 Å². The summed E-state index contributed by atoms with van der Waals surface area (Å²) in [6, 6.07) is 4.13. The quantitative estimate of drug-likeness (QED) is 0.559. The van der Waals surface area contributed by atoms with Gasteiger partial charge in [0.15, 0.2) is 6.19 Å². The van der Waals surface area contributed by atoms with Crippen LogP contribution in [0.1, 0.15) is 16.7 Å². The molecule has 0 aliphatic heterocycles. The Labute approximate surface area is 90.9 Å². The van der Waals surface area contributed by atoms with Gasteiger partial charge >= 0.3 is 0 Å². The molecule has 0 atom stereocenters. The lowest BCUT2D eigenvalue weighted by Crippen LogP contribution is -2.11. The first-order valence-electron chi connectivity index (χ1n) is 4.83. The molecule has 0 aliphatic rings. The Morgan fingerprint density at radius 1 is 1.40 bits per heavy atom. The molecule has 0 spiro atoms. The lowest BCUT2D eigenvalue weighted by molar-refractivity contribution is 0.391. The van der Waals surface area contributed by atoms with Gasteiger partial charge in [0.05, 0.1) is 13.7 Å². The van der Waals surface area contributed by atoms with E-state index in [9.17, 15) is 0 Å². The molecule has 0 aromatic heterocycles. The van der Waals surface area contributed by atoms with Crippen LogP contribution < -0.4 is 4.74 Å². The zero-order valence-corrected chi connectivity index (χ0v) is 9.66. The molecule has 0 amide bonds. The summed E-state index contributed by atoms with van der Waals surface area (Å²) in [7, 11) is 3.42. The summed E-state index contributed by atoms with van der Waals surface area (Å²) in [4.78, 5) is 1.58. The number of rotatable bonds is 3. The normalized spacial score (nSPS) is 9.53. The van der Waals surface area contributed by atoms with Crippen LogP contribution in [0.3, 0.4) is 0 Å². The van der Waals surface area contributed by atoms with Crippen molar-refractivity contribution in [3.8, 4) is 11.9 Å². The Kier molecular flexibility index (Phi) is 3.56. The summed E-state index contributed by atoms with van der Waals surface area (Å²) in [5, 5.41) is 8.73. The van der Waals surface area contributed by atoms with Gasteiger partial charge in [-0.1, -0.05) is 17.7 Å². The van der Waals surface area contributed by atoms with E-state index < -0.39 is 0 Å². The summed E-state index contributed by atoms with van der Waals surface area (Å²) < 4.78 is 5.34. The highest BCUT2D eigenvalue weighted by molar-refractivity contribution is 5.43. The van der Waals surface area contributed by atoms with Gasteiger partial charge in [0, 0.05) is 12.6 Å². The minimum Gasteiger partial charge on any atom is -0.496 e. The number of benzene rings is 1. The Balaban J connectivity index is 3.10. The van der Waals surface area contributed by atoms with Gasteiger partial charge in [0.2, 0.25) is 0 Å². The lowest BCUT2D eigenvalue weighted by Gasteiger charge is -2.15. The minimum absolute atomic E-state index is 0.586. The second-order valence-electron chi connectivity index (χ2n) is 3.73. The van der Waals surface area contributed by atoms with Crippen LogP contribution >= 0.6 is 0 Å². The molecule has 0 radical (unpaired) electrons. The zero-order chi connectivity index (χ0) is 11.4. The fourth-order valence-corrected chi connectivity index (χ4v) is 1.74. The smallest absolute Gasteiger partial charge is 0.179 e. The topological polar surface area (TPSA) is 36.3 Å². The van der Waals surface area contributed by atoms with E-state index in [1.165, 1.54) is 5.56 Å². The highest BCUT2D eigenvalue weighted by Gasteiger charge is 2.08. The van der Waals surface area contributed by atoms with Crippen LogP contribution in [0.2, 0.25) is 0 Å². The molecular weight excluding hydrogens is 188 g/mol. The second-order valence-corrected chi connectivity index (χ2v) is 3.73. The monoisotopic (exact) mass is 204 g/mol. The maximum absolute atomic E-state index is 8.73. The van der Waals surface area contributed by atoms with Gasteiger partial charge in [-0.3, -0.25) is 0 Å². The summed E-state index contributed by atoms with van der Waals surface area (Å²) in [5.74, 6) is 0.878. The van der Waals surface area contributed by atoms with Crippen molar-refractivity contribution in [2.45, 2.75) is 20.4 Å². The van der Waals surface area contributed by atoms with E-state index in [-0.39, 0.29) is 0 Å². The SMILES string of the molecule is COc1c(C)cc(C)cc1CN(C)C#N. The fraction of sp³-hybridized carbons (Fsp3) is 0.417. The number of hydrogen-bond acceptors (Lipinski definition) is 3. The van der Waals surface area contributed by atoms with Crippen LogP contribution in [-0.4, -0.2) is 19.1 Å². The van der Waals surface area contributed by atoms with Gasteiger partial charge < -0.3 is 9.64 Å². The van der Waals surface area contributed by atoms with E-state index >= 15 is 0 Å². The number of aryl methyl sites for hydroxylation is 2. The maximum atomic E-state index is 8.73. The first kappa shape index (κ1) is 11.4. The van der Waals surface area contributed by atoms with Gasteiger partial charge in [0.25, 0.3) is 0 Å². The molecule has 0 heterocycles. The van der Waals surface area contributed by atoms with Crippen molar-refractivity contribution in [2.75, 3.05) is 14.2 Å². The van der Waals surface area contributed by atoms with E-state index in [4.69, 9.17) is 10.00 Å².